The fourth-order valence-corrected chi connectivity index (χ4v) is 3.30. The molecule has 0 aromatic heterocycles. The van der Waals surface area contributed by atoms with E-state index in [1.165, 1.54) is 31.7 Å². The molecule has 0 spiro atoms. The van der Waals surface area contributed by atoms with Gasteiger partial charge in [-0.05, 0) is 32.0 Å². The lowest BCUT2D eigenvalue weighted by atomic mass is 9.90. The summed E-state index contributed by atoms with van der Waals surface area (Å²) in [6.45, 7) is 3.78. The van der Waals surface area contributed by atoms with Gasteiger partial charge in [0.15, 0.2) is 11.6 Å². The van der Waals surface area contributed by atoms with Crippen LogP contribution < -0.4 is 10.5 Å². The van der Waals surface area contributed by atoms with E-state index in [1.807, 2.05) is 6.07 Å². The molecule has 20 heavy (non-hydrogen) atoms. The van der Waals surface area contributed by atoms with Crippen molar-refractivity contribution in [1.29, 1.82) is 0 Å². The highest BCUT2D eigenvalue weighted by Crippen LogP contribution is 2.36. The van der Waals surface area contributed by atoms with Crippen molar-refractivity contribution < 1.29 is 9.13 Å². The highest BCUT2D eigenvalue weighted by Gasteiger charge is 2.31. The quantitative estimate of drug-likeness (QED) is 0.904. The maximum Gasteiger partial charge on any atom is 0.165 e. The van der Waals surface area contributed by atoms with Crippen molar-refractivity contribution in [3.05, 3.63) is 29.6 Å². The van der Waals surface area contributed by atoms with Gasteiger partial charge >= 0.3 is 0 Å². The fraction of sp³-hybridized carbons (Fsp3) is 0.625. The number of hydrogen-bond acceptors (Lipinski definition) is 3. The topological polar surface area (TPSA) is 38.5 Å². The summed E-state index contributed by atoms with van der Waals surface area (Å²) in [6.07, 6.45) is 5.21. The summed E-state index contributed by atoms with van der Waals surface area (Å²) in [7, 11) is 0. The van der Waals surface area contributed by atoms with Gasteiger partial charge < -0.3 is 15.4 Å². The first-order chi connectivity index (χ1) is 9.75. The molecule has 2 N–H and O–H groups in total. The fourth-order valence-electron chi connectivity index (χ4n) is 3.30. The lowest BCUT2D eigenvalue weighted by molar-refractivity contribution is 0.136. The standard InChI is InChI=1S/C16H23FN2O/c17-14-7-5-6-13-15(18)12(11-20-16(13)14)10-19-8-3-1-2-4-9-19/h5-7,12,15H,1-4,8-11,18H2. The third-order valence-electron chi connectivity index (χ3n) is 4.50. The van der Waals surface area contributed by atoms with Gasteiger partial charge in [-0.25, -0.2) is 4.39 Å². The smallest absolute Gasteiger partial charge is 0.165 e. The Labute approximate surface area is 119 Å². The molecule has 2 aliphatic heterocycles. The van der Waals surface area contributed by atoms with Gasteiger partial charge in [-0.15, -0.1) is 0 Å². The summed E-state index contributed by atoms with van der Waals surface area (Å²) in [5, 5.41) is 0. The van der Waals surface area contributed by atoms with Crippen molar-refractivity contribution in [2.45, 2.75) is 31.7 Å². The molecule has 1 aromatic rings. The minimum Gasteiger partial charge on any atom is -0.490 e. The van der Waals surface area contributed by atoms with Crippen LogP contribution in [0, 0.1) is 11.7 Å². The largest absolute Gasteiger partial charge is 0.490 e. The highest BCUT2D eigenvalue weighted by atomic mass is 19.1. The molecule has 1 fully saturated rings. The lowest BCUT2D eigenvalue weighted by Gasteiger charge is -2.34. The van der Waals surface area contributed by atoms with Crippen LogP contribution in [0.4, 0.5) is 4.39 Å². The number of para-hydroxylation sites is 1. The van der Waals surface area contributed by atoms with Gasteiger partial charge in [0.05, 0.1) is 6.61 Å². The number of fused-ring (bicyclic) bond motifs is 1. The Morgan fingerprint density at radius 3 is 2.70 bits per heavy atom. The Morgan fingerprint density at radius 1 is 1.20 bits per heavy atom. The number of hydrogen-bond donors (Lipinski definition) is 1. The van der Waals surface area contributed by atoms with Crippen LogP contribution >= 0.6 is 0 Å². The third kappa shape index (κ3) is 2.81. The summed E-state index contributed by atoms with van der Waals surface area (Å²) in [5.41, 5.74) is 7.16. The first-order valence-corrected chi connectivity index (χ1v) is 7.65. The monoisotopic (exact) mass is 278 g/mol. The van der Waals surface area contributed by atoms with Crippen molar-refractivity contribution in [2.24, 2.45) is 11.7 Å². The zero-order valence-electron chi connectivity index (χ0n) is 11.9. The van der Waals surface area contributed by atoms with Crippen LogP contribution in [-0.2, 0) is 0 Å². The lowest BCUT2D eigenvalue weighted by Crippen LogP contribution is -2.40. The predicted octanol–water partition coefficient (Wildman–Crippen LogP) is 2.71. The predicted molar refractivity (Wildman–Crippen MR) is 77.2 cm³/mol. The summed E-state index contributed by atoms with van der Waals surface area (Å²) in [6, 6.07) is 4.90. The van der Waals surface area contributed by atoms with E-state index in [2.05, 4.69) is 4.90 Å². The molecule has 3 rings (SSSR count). The van der Waals surface area contributed by atoms with Crippen LogP contribution in [0.2, 0.25) is 0 Å². The van der Waals surface area contributed by atoms with E-state index in [1.54, 1.807) is 6.07 Å². The Morgan fingerprint density at radius 2 is 1.95 bits per heavy atom. The SMILES string of the molecule is NC1c2cccc(F)c2OCC1CN1CCCCCC1. The van der Waals surface area contributed by atoms with Crippen molar-refractivity contribution in [3.63, 3.8) is 0 Å². The van der Waals surface area contributed by atoms with Gasteiger partial charge in [-0.3, -0.25) is 0 Å². The Kier molecular flexibility index (Phi) is 4.22. The summed E-state index contributed by atoms with van der Waals surface area (Å²) in [5.74, 6) is 0.306. The molecule has 0 saturated carbocycles. The summed E-state index contributed by atoms with van der Waals surface area (Å²) in [4.78, 5) is 2.49. The number of benzene rings is 1. The van der Waals surface area contributed by atoms with E-state index < -0.39 is 0 Å². The summed E-state index contributed by atoms with van der Waals surface area (Å²) >= 11 is 0. The van der Waals surface area contributed by atoms with Crippen molar-refractivity contribution in [1.82, 2.24) is 4.90 Å². The summed E-state index contributed by atoms with van der Waals surface area (Å²) < 4.78 is 19.3. The van der Waals surface area contributed by atoms with Crippen molar-refractivity contribution >= 4 is 0 Å². The van der Waals surface area contributed by atoms with Crippen LogP contribution in [0.5, 0.6) is 5.75 Å². The van der Waals surface area contributed by atoms with Crippen LogP contribution in [-0.4, -0.2) is 31.1 Å². The molecule has 0 aliphatic carbocycles. The number of ether oxygens (including phenoxy) is 1. The molecule has 110 valence electrons. The maximum atomic E-state index is 13.7. The second-order valence-electron chi connectivity index (χ2n) is 5.97. The average Bonchev–Trinajstić information content (AvgIpc) is 2.71. The number of nitrogens with two attached hydrogens (primary N) is 1. The van der Waals surface area contributed by atoms with Crippen LogP contribution in [0.1, 0.15) is 37.3 Å². The molecule has 2 heterocycles. The van der Waals surface area contributed by atoms with Gasteiger partial charge in [0.1, 0.15) is 0 Å². The van der Waals surface area contributed by atoms with Gasteiger partial charge in [-0.1, -0.05) is 25.0 Å². The van der Waals surface area contributed by atoms with E-state index in [-0.39, 0.29) is 17.8 Å². The molecule has 4 heteroatoms. The van der Waals surface area contributed by atoms with E-state index in [0.29, 0.717) is 12.4 Å². The number of likely N-dealkylation sites (tertiary alicyclic amines) is 1. The Hall–Kier alpha value is -1.13. The normalized spacial score (nSPS) is 27.5. The molecule has 2 unspecified atom stereocenters. The van der Waals surface area contributed by atoms with E-state index in [4.69, 9.17) is 10.5 Å². The first kappa shape index (κ1) is 13.8. The average molecular weight is 278 g/mol. The number of nitrogens with zero attached hydrogens (tertiary/aromatic N) is 1. The van der Waals surface area contributed by atoms with E-state index >= 15 is 0 Å². The van der Waals surface area contributed by atoms with E-state index in [0.717, 1.165) is 25.2 Å². The van der Waals surface area contributed by atoms with Crippen molar-refractivity contribution in [3.8, 4) is 5.75 Å². The Balaban J connectivity index is 1.70. The molecule has 1 saturated heterocycles. The molecular weight excluding hydrogens is 255 g/mol. The van der Waals surface area contributed by atoms with Gasteiger partial charge in [0.2, 0.25) is 0 Å². The minimum absolute atomic E-state index is 0.127. The molecule has 1 aromatic carbocycles. The zero-order valence-corrected chi connectivity index (χ0v) is 11.9. The zero-order chi connectivity index (χ0) is 13.9. The second-order valence-corrected chi connectivity index (χ2v) is 5.97. The molecule has 2 atom stereocenters. The van der Waals surface area contributed by atoms with E-state index in [9.17, 15) is 4.39 Å². The maximum absolute atomic E-state index is 13.7. The number of rotatable bonds is 2. The third-order valence-corrected chi connectivity index (χ3v) is 4.50. The van der Waals surface area contributed by atoms with Crippen LogP contribution in [0.25, 0.3) is 0 Å². The van der Waals surface area contributed by atoms with Crippen molar-refractivity contribution in [2.75, 3.05) is 26.2 Å². The van der Waals surface area contributed by atoms with Gasteiger partial charge in [0.25, 0.3) is 0 Å². The molecular formula is C16H23FN2O. The van der Waals surface area contributed by atoms with Crippen LogP contribution in [0.15, 0.2) is 18.2 Å². The second kappa shape index (κ2) is 6.10. The first-order valence-electron chi connectivity index (χ1n) is 7.65. The minimum atomic E-state index is -0.300. The molecule has 0 radical (unpaired) electrons. The highest BCUT2D eigenvalue weighted by molar-refractivity contribution is 5.39. The molecule has 0 amide bonds. The number of halogens is 1. The van der Waals surface area contributed by atoms with Gasteiger partial charge in [0, 0.05) is 24.1 Å². The molecule has 0 bridgehead atoms. The molecule has 3 nitrogen and oxygen atoms in total. The molecule has 2 aliphatic rings. The Bertz CT molecular complexity index is 458. The van der Waals surface area contributed by atoms with Crippen LogP contribution in [0.3, 0.4) is 0 Å². The van der Waals surface area contributed by atoms with Gasteiger partial charge in [-0.2, -0.15) is 0 Å².